The minimum absolute atomic E-state index is 0.0445. The van der Waals surface area contributed by atoms with E-state index in [1.165, 1.54) is 14.1 Å². The zero-order chi connectivity index (χ0) is 21.2. The molecule has 0 saturated heterocycles. The van der Waals surface area contributed by atoms with Gasteiger partial charge in [-0.3, -0.25) is 18.7 Å². The highest BCUT2D eigenvalue weighted by Gasteiger charge is 2.21. The number of hydrogen-bond acceptors (Lipinski definition) is 5. The van der Waals surface area contributed by atoms with Crippen molar-refractivity contribution < 1.29 is 13.2 Å². The first kappa shape index (κ1) is 21.6. The summed E-state index contributed by atoms with van der Waals surface area (Å²) < 4.78 is 26.8. The maximum Gasteiger partial charge on any atom is 0.330 e. The van der Waals surface area contributed by atoms with Crippen LogP contribution in [0.1, 0.15) is 35.3 Å². The summed E-state index contributed by atoms with van der Waals surface area (Å²) in [4.78, 5) is 35.9. The zero-order valence-corrected chi connectivity index (χ0v) is 17.5. The van der Waals surface area contributed by atoms with E-state index in [2.05, 4.69) is 5.32 Å². The number of rotatable bonds is 6. The Morgan fingerprint density at radius 1 is 1.07 bits per heavy atom. The summed E-state index contributed by atoms with van der Waals surface area (Å²) in [6.45, 7) is 5.73. The van der Waals surface area contributed by atoms with Crippen molar-refractivity contribution in [2.45, 2.75) is 32.6 Å². The van der Waals surface area contributed by atoms with Crippen molar-refractivity contribution in [1.29, 1.82) is 0 Å². The Labute approximate surface area is 163 Å². The highest BCUT2D eigenvalue weighted by molar-refractivity contribution is 7.91. The fourth-order valence-corrected chi connectivity index (χ4v) is 4.11. The highest BCUT2D eigenvalue weighted by Crippen LogP contribution is 2.16. The first-order chi connectivity index (χ1) is 12.9. The Bertz CT molecular complexity index is 1130. The van der Waals surface area contributed by atoms with Crippen LogP contribution in [-0.2, 0) is 34.5 Å². The molecule has 1 unspecified atom stereocenters. The minimum atomic E-state index is -3.87. The van der Waals surface area contributed by atoms with Crippen molar-refractivity contribution in [2.75, 3.05) is 5.75 Å². The predicted molar refractivity (Wildman–Crippen MR) is 107 cm³/mol. The molecule has 0 saturated carbocycles. The van der Waals surface area contributed by atoms with Crippen LogP contribution in [-0.4, -0.2) is 29.2 Å². The van der Waals surface area contributed by atoms with E-state index in [1.54, 1.807) is 6.92 Å². The number of aryl methyl sites for hydroxylation is 2. The second kappa shape index (κ2) is 8.14. The van der Waals surface area contributed by atoms with Gasteiger partial charge in [-0.1, -0.05) is 18.2 Å². The molecule has 1 heterocycles. The lowest BCUT2D eigenvalue weighted by Gasteiger charge is -2.16. The Morgan fingerprint density at radius 3 is 2.32 bits per heavy atom. The molecule has 0 fully saturated rings. The molecule has 2 rings (SSSR count). The number of nitrogens with one attached hydrogen (secondary N) is 1. The molecular weight excluding hydrogens is 382 g/mol. The maximum absolute atomic E-state index is 12.4. The number of hydrogen-bond donors (Lipinski definition) is 1. The lowest BCUT2D eigenvalue weighted by molar-refractivity contribution is -0.119. The van der Waals surface area contributed by atoms with E-state index in [0.717, 1.165) is 31.9 Å². The lowest BCUT2D eigenvalue weighted by Crippen LogP contribution is -2.39. The van der Waals surface area contributed by atoms with Gasteiger partial charge in [0.1, 0.15) is 5.75 Å². The molecular formula is C19H25N3O5S. The van der Waals surface area contributed by atoms with Crippen molar-refractivity contribution in [3.63, 3.8) is 0 Å². The molecule has 8 nitrogen and oxygen atoms in total. The van der Waals surface area contributed by atoms with Crippen LogP contribution in [0.5, 0.6) is 0 Å². The van der Waals surface area contributed by atoms with E-state index in [-0.39, 0.29) is 11.7 Å². The van der Waals surface area contributed by atoms with Gasteiger partial charge >= 0.3 is 5.69 Å². The van der Waals surface area contributed by atoms with Gasteiger partial charge in [0.05, 0.1) is 11.8 Å². The summed E-state index contributed by atoms with van der Waals surface area (Å²) >= 11 is 0. The number of carbonyl (C=O) groups is 1. The Kier molecular flexibility index (Phi) is 6.28. The molecule has 0 radical (unpaired) electrons. The standard InChI is InChI=1S/C19H25N3O5S/c1-12-6-7-15(8-13(12)2)14(3)20-17(23)11-28(26,27)10-16-9-18(24)22(5)19(25)21(16)4/h6-9,14H,10-11H2,1-5H3,(H,20,23). The number of amides is 1. The first-order valence-corrected chi connectivity index (χ1v) is 10.6. The smallest absolute Gasteiger partial charge is 0.330 e. The average molecular weight is 407 g/mol. The fraction of sp³-hybridized carbons (Fsp3) is 0.421. The molecule has 0 spiro atoms. The highest BCUT2D eigenvalue weighted by atomic mass is 32.2. The molecule has 1 amide bonds. The van der Waals surface area contributed by atoms with Crippen LogP contribution in [0.25, 0.3) is 0 Å². The molecule has 0 aliphatic carbocycles. The summed E-state index contributed by atoms with van der Waals surface area (Å²) in [6, 6.07) is 6.52. The molecule has 1 atom stereocenters. The van der Waals surface area contributed by atoms with E-state index in [1.807, 2.05) is 32.0 Å². The van der Waals surface area contributed by atoms with Crippen LogP contribution >= 0.6 is 0 Å². The molecule has 152 valence electrons. The van der Waals surface area contributed by atoms with Crippen molar-refractivity contribution in [3.05, 3.63) is 67.5 Å². The maximum atomic E-state index is 12.4. The van der Waals surface area contributed by atoms with E-state index in [9.17, 15) is 22.8 Å². The monoisotopic (exact) mass is 407 g/mol. The normalized spacial score (nSPS) is 12.6. The number of sulfone groups is 1. The van der Waals surface area contributed by atoms with Gasteiger partial charge in [-0.25, -0.2) is 13.2 Å². The summed E-state index contributed by atoms with van der Waals surface area (Å²) in [6.07, 6.45) is 0. The average Bonchev–Trinajstić information content (AvgIpc) is 2.59. The molecule has 1 aromatic heterocycles. The summed E-state index contributed by atoms with van der Waals surface area (Å²) in [5.41, 5.74) is 1.92. The van der Waals surface area contributed by atoms with E-state index >= 15 is 0 Å². The Hall–Kier alpha value is -2.68. The lowest BCUT2D eigenvalue weighted by atomic mass is 10.0. The van der Waals surface area contributed by atoms with E-state index in [4.69, 9.17) is 0 Å². The van der Waals surface area contributed by atoms with Crippen molar-refractivity contribution in [1.82, 2.24) is 14.5 Å². The van der Waals surface area contributed by atoms with Crippen LogP contribution in [0, 0.1) is 13.8 Å². The predicted octanol–water partition coefficient (Wildman–Crippen LogP) is 0.493. The molecule has 1 N–H and O–H groups in total. The van der Waals surface area contributed by atoms with Gasteiger partial charge in [-0.05, 0) is 37.5 Å². The van der Waals surface area contributed by atoms with Crippen molar-refractivity contribution in [3.8, 4) is 0 Å². The van der Waals surface area contributed by atoms with Crippen molar-refractivity contribution >= 4 is 15.7 Å². The topological polar surface area (TPSA) is 107 Å². The van der Waals surface area contributed by atoms with Crippen LogP contribution in [0.15, 0.2) is 33.9 Å². The molecule has 2 aromatic rings. The molecule has 28 heavy (non-hydrogen) atoms. The second-order valence-electron chi connectivity index (χ2n) is 7.04. The number of benzene rings is 1. The number of carbonyl (C=O) groups excluding carboxylic acids is 1. The number of aromatic nitrogens is 2. The third-order valence-corrected chi connectivity index (χ3v) is 6.19. The van der Waals surface area contributed by atoms with Gasteiger partial charge in [-0.2, -0.15) is 0 Å². The van der Waals surface area contributed by atoms with Gasteiger partial charge in [-0.15, -0.1) is 0 Å². The zero-order valence-electron chi connectivity index (χ0n) is 16.6. The van der Waals surface area contributed by atoms with Gasteiger partial charge < -0.3 is 5.32 Å². The third-order valence-electron chi connectivity index (χ3n) is 4.75. The van der Waals surface area contributed by atoms with Gasteiger partial charge in [0, 0.05) is 25.9 Å². The first-order valence-electron chi connectivity index (χ1n) is 8.74. The van der Waals surface area contributed by atoms with Gasteiger partial charge in [0.15, 0.2) is 9.84 Å². The molecule has 0 aliphatic heterocycles. The van der Waals surface area contributed by atoms with Crippen LogP contribution in [0.2, 0.25) is 0 Å². The van der Waals surface area contributed by atoms with Crippen molar-refractivity contribution in [2.24, 2.45) is 14.1 Å². The fourth-order valence-electron chi connectivity index (χ4n) is 2.79. The van der Waals surface area contributed by atoms with Crippen LogP contribution in [0.3, 0.4) is 0 Å². The molecule has 0 aliphatic rings. The van der Waals surface area contributed by atoms with Crippen LogP contribution in [0.4, 0.5) is 0 Å². The van der Waals surface area contributed by atoms with E-state index in [0.29, 0.717) is 0 Å². The van der Waals surface area contributed by atoms with E-state index < -0.39 is 38.5 Å². The van der Waals surface area contributed by atoms with Crippen LogP contribution < -0.4 is 16.6 Å². The summed E-state index contributed by atoms with van der Waals surface area (Å²) in [7, 11) is -1.17. The number of nitrogens with zero attached hydrogens (tertiary/aromatic N) is 2. The third kappa shape index (κ3) is 4.98. The summed E-state index contributed by atoms with van der Waals surface area (Å²) in [5, 5.41) is 2.68. The summed E-state index contributed by atoms with van der Waals surface area (Å²) in [5.74, 6) is -1.94. The molecule has 9 heteroatoms. The second-order valence-corrected chi connectivity index (χ2v) is 9.10. The minimum Gasteiger partial charge on any atom is -0.349 e. The van der Waals surface area contributed by atoms with Gasteiger partial charge in [0.25, 0.3) is 5.56 Å². The Morgan fingerprint density at radius 2 is 1.71 bits per heavy atom. The van der Waals surface area contributed by atoms with Gasteiger partial charge in [0.2, 0.25) is 5.91 Å². The largest absolute Gasteiger partial charge is 0.349 e. The molecule has 0 bridgehead atoms. The quantitative estimate of drug-likeness (QED) is 0.750. The Balaban J connectivity index is 2.11. The molecule has 1 aromatic carbocycles. The SMILES string of the molecule is Cc1ccc(C(C)NC(=O)CS(=O)(=O)Cc2cc(=O)n(C)c(=O)n2C)cc1C.